The van der Waals surface area contributed by atoms with Crippen LogP contribution in [0.25, 0.3) is 0 Å². The van der Waals surface area contributed by atoms with Gasteiger partial charge in [-0.3, -0.25) is 4.98 Å². The van der Waals surface area contributed by atoms with E-state index in [1.165, 1.54) is 0 Å². The highest BCUT2D eigenvalue weighted by atomic mass is 79.9. The van der Waals surface area contributed by atoms with Crippen molar-refractivity contribution in [2.45, 2.75) is 5.92 Å². The molecule has 3 heteroatoms. The van der Waals surface area contributed by atoms with Crippen LogP contribution >= 0.6 is 15.9 Å². The number of pyridine rings is 1. The molecule has 0 aromatic carbocycles. The van der Waals surface area contributed by atoms with Gasteiger partial charge in [0.05, 0.1) is 17.7 Å². The molecule has 2 nitrogen and oxygen atoms in total. The molecule has 0 aliphatic carbocycles. The van der Waals surface area contributed by atoms with E-state index < -0.39 is 0 Å². The molecular weight excluding hydrogens is 204 g/mol. The lowest BCUT2D eigenvalue weighted by molar-refractivity contribution is 0.938. The fourth-order valence-electron chi connectivity index (χ4n) is 0.762. The van der Waals surface area contributed by atoms with Crippen molar-refractivity contribution >= 4 is 15.9 Å². The van der Waals surface area contributed by atoms with E-state index in [0.717, 1.165) is 5.69 Å². The topological polar surface area (TPSA) is 36.7 Å². The number of hydrogen-bond donors (Lipinski definition) is 0. The van der Waals surface area contributed by atoms with E-state index in [9.17, 15) is 0 Å². The molecular formula is C8H7BrN2. The van der Waals surface area contributed by atoms with Crippen LogP contribution in [0.3, 0.4) is 0 Å². The summed E-state index contributed by atoms with van der Waals surface area (Å²) in [6.45, 7) is 0. The van der Waals surface area contributed by atoms with Crippen LogP contribution in [0.1, 0.15) is 11.6 Å². The van der Waals surface area contributed by atoms with Gasteiger partial charge in [0, 0.05) is 11.5 Å². The largest absolute Gasteiger partial charge is 0.260 e. The Bertz CT molecular complexity index is 253. The third-order valence-electron chi connectivity index (χ3n) is 1.35. The Labute approximate surface area is 74.0 Å². The van der Waals surface area contributed by atoms with Gasteiger partial charge < -0.3 is 0 Å². The molecule has 1 rings (SSSR count). The average Bonchev–Trinajstić information content (AvgIpc) is 2.09. The normalized spacial score (nSPS) is 12.0. The molecule has 1 aromatic heterocycles. The lowest BCUT2D eigenvalue weighted by Gasteiger charge is -2.01. The van der Waals surface area contributed by atoms with Gasteiger partial charge in [0.25, 0.3) is 0 Å². The van der Waals surface area contributed by atoms with Crippen molar-refractivity contribution in [1.82, 2.24) is 4.98 Å². The maximum Gasteiger partial charge on any atom is 0.0981 e. The van der Waals surface area contributed by atoms with Crippen molar-refractivity contribution in [2.75, 3.05) is 5.33 Å². The van der Waals surface area contributed by atoms with Crippen molar-refractivity contribution in [1.29, 1.82) is 5.26 Å². The van der Waals surface area contributed by atoms with Gasteiger partial charge in [-0.05, 0) is 12.1 Å². The van der Waals surface area contributed by atoms with Crippen LogP contribution in [0.2, 0.25) is 0 Å². The minimum Gasteiger partial charge on any atom is -0.260 e. The Hall–Kier alpha value is -0.880. The van der Waals surface area contributed by atoms with Crippen LogP contribution in [0, 0.1) is 11.3 Å². The smallest absolute Gasteiger partial charge is 0.0981 e. The molecule has 0 fully saturated rings. The molecule has 0 N–H and O–H groups in total. The zero-order chi connectivity index (χ0) is 8.10. The monoisotopic (exact) mass is 210 g/mol. The highest BCUT2D eigenvalue weighted by Crippen LogP contribution is 2.13. The fraction of sp³-hybridized carbons (Fsp3) is 0.250. The molecule has 56 valence electrons. The molecule has 0 saturated heterocycles. The molecule has 0 bridgehead atoms. The summed E-state index contributed by atoms with van der Waals surface area (Å²) < 4.78 is 0. The van der Waals surface area contributed by atoms with Crippen molar-refractivity contribution in [3.05, 3.63) is 30.1 Å². The highest BCUT2D eigenvalue weighted by molar-refractivity contribution is 9.09. The Morgan fingerprint density at radius 3 is 2.91 bits per heavy atom. The maximum atomic E-state index is 8.66. The van der Waals surface area contributed by atoms with Crippen molar-refractivity contribution in [2.24, 2.45) is 0 Å². The molecule has 0 saturated carbocycles. The van der Waals surface area contributed by atoms with Gasteiger partial charge in [-0.15, -0.1) is 0 Å². The van der Waals surface area contributed by atoms with Crippen molar-refractivity contribution in [3.8, 4) is 6.07 Å². The minimum absolute atomic E-state index is 0.129. The number of halogens is 1. The van der Waals surface area contributed by atoms with E-state index >= 15 is 0 Å². The first-order valence-electron chi connectivity index (χ1n) is 3.25. The van der Waals surface area contributed by atoms with Gasteiger partial charge in [-0.25, -0.2) is 0 Å². The second kappa shape index (κ2) is 4.09. The first-order valence-corrected chi connectivity index (χ1v) is 4.37. The molecule has 0 aliphatic heterocycles. The third-order valence-corrected chi connectivity index (χ3v) is 2.00. The molecule has 0 spiro atoms. The van der Waals surface area contributed by atoms with E-state index in [-0.39, 0.29) is 5.92 Å². The summed E-state index contributed by atoms with van der Waals surface area (Å²) in [4.78, 5) is 4.07. The predicted octanol–water partition coefficient (Wildman–Crippen LogP) is 2.08. The van der Waals surface area contributed by atoms with Crippen LogP contribution in [0.5, 0.6) is 0 Å². The standard InChI is InChI=1S/C8H7BrN2/c9-5-7(6-10)8-3-1-2-4-11-8/h1-4,7H,5H2. The second-order valence-corrected chi connectivity index (χ2v) is 2.74. The predicted molar refractivity (Wildman–Crippen MR) is 46.4 cm³/mol. The average molecular weight is 211 g/mol. The van der Waals surface area contributed by atoms with Gasteiger partial charge >= 0.3 is 0 Å². The quantitative estimate of drug-likeness (QED) is 0.702. The third kappa shape index (κ3) is 2.02. The lowest BCUT2D eigenvalue weighted by atomic mass is 10.1. The highest BCUT2D eigenvalue weighted by Gasteiger charge is 2.07. The van der Waals surface area contributed by atoms with Crippen LogP contribution in [0.15, 0.2) is 24.4 Å². The summed E-state index contributed by atoms with van der Waals surface area (Å²) in [5, 5.41) is 9.30. The van der Waals surface area contributed by atoms with Gasteiger partial charge in [0.15, 0.2) is 0 Å². The number of hydrogen-bond acceptors (Lipinski definition) is 2. The van der Waals surface area contributed by atoms with E-state index in [1.54, 1.807) is 6.20 Å². The molecule has 1 aromatic rings. The summed E-state index contributed by atoms with van der Waals surface area (Å²) in [5.74, 6) is -0.129. The van der Waals surface area contributed by atoms with Gasteiger partial charge in [-0.2, -0.15) is 5.26 Å². The second-order valence-electron chi connectivity index (χ2n) is 2.09. The summed E-state index contributed by atoms with van der Waals surface area (Å²) in [6, 6.07) is 7.74. The molecule has 0 aliphatic rings. The van der Waals surface area contributed by atoms with Gasteiger partial charge in [0.2, 0.25) is 0 Å². The summed E-state index contributed by atoms with van der Waals surface area (Å²) >= 11 is 3.25. The first kappa shape index (κ1) is 8.22. The van der Waals surface area contributed by atoms with E-state index in [2.05, 4.69) is 27.0 Å². The molecule has 1 unspecified atom stereocenters. The zero-order valence-corrected chi connectivity index (χ0v) is 7.45. The number of nitrogens with zero attached hydrogens (tertiary/aromatic N) is 2. The van der Waals surface area contributed by atoms with Crippen LogP contribution in [-0.4, -0.2) is 10.3 Å². The summed E-state index contributed by atoms with van der Waals surface area (Å²) in [5.41, 5.74) is 0.826. The fourth-order valence-corrected chi connectivity index (χ4v) is 1.24. The van der Waals surface area contributed by atoms with E-state index in [4.69, 9.17) is 5.26 Å². The van der Waals surface area contributed by atoms with E-state index in [1.807, 2.05) is 18.2 Å². The number of aromatic nitrogens is 1. The Morgan fingerprint density at radius 1 is 1.64 bits per heavy atom. The van der Waals surface area contributed by atoms with Crippen LogP contribution in [0.4, 0.5) is 0 Å². The maximum absolute atomic E-state index is 8.66. The Morgan fingerprint density at radius 2 is 2.45 bits per heavy atom. The lowest BCUT2D eigenvalue weighted by Crippen LogP contribution is -1.98. The SMILES string of the molecule is N#CC(CBr)c1ccccn1. The van der Waals surface area contributed by atoms with Gasteiger partial charge in [0.1, 0.15) is 0 Å². The number of rotatable bonds is 2. The Kier molecular flexibility index (Phi) is 3.06. The number of nitriles is 1. The summed E-state index contributed by atoms with van der Waals surface area (Å²) in [6.07, 6.45) is 1.70. The Balaban J connectivity index is 2.85. The molecule has 1 atom stereocenters. The van der Waals surface area contributed by atoms with Crippen molar-refractivity contribution in [3.63, 3.8) is 0 Å². The van der Waals surface area contributed by atoms with Crippen LogP contribution < -0.4 is 0 Å². The zero-order valence-electron chi connectivity index (χ0n) is 5.87. The molecule has 0 amide bonds. The first-order chi connectivity index (χ1) is 5.38. The number of alkyl halides is 1. The minimum atomic E-state index is -0.129. The van der Waals surface area contributed by atoms with Crippen molar-refractivity contribution < 1.29 is 0 Å². The van der Waals surface area contributed by atoms with Gasteiger partial charge in [-0.1, -0.05) is 22.0 Å². The molecule has 0 radical (unpaired) electrons. The summed E-state index contributed by atoms with van der Waals surface area (Å²) in [7, 11) is 0. The molecule has 1 heterocycles. The van der Waals surface area contributed by atoms with Crippen LogP contribution in [-0.2, 0) is 0 Å². The molecule has 11 heavy (non-hydrogen) atoms. The van der Waals surface area contributed by atoms with E-state index in [0.29, 0.717) is 5.33 Å².